The number of rotatable bonds is 6. The summed E-state index contributed by atoms with van der Waals surface area (Å²) >= 11 is 11.1. The van der Waals surface area contributed by atoms with Gasteiger partial charge in [-0.15, -0.1) is 0 Å². The summed E-state index contributed by atoms with van der Waals surface area (Å²) in [5.74, 6) is 0. The Morgan fingerprint density at radius 3 is 2.80 bits per heavy atom. The molecule has 0 aromatic heterocycles. The van der Waals surface area contributed by atoms with Crippen LogP contribution < -0.4 is 10.6 Å². The van der Waals surface area contributed by atoms with Crippen molar-refractivity contribution in [3.63, 3.8) is 0 Å². The van der Waals surface area contributed by atoms with Crippen molar-refractivity contribution in [1.29, 1.82) is 0 Å². The molecule has 1 aromatic carbocycles. The van der Waals surface area contributed by atoms with Gasteiger partial charge in [0.2, 0.25) is 0 Å². The molecule has 8 heteroatoms. The molecular formula is C12H17ClN4O2S. The van der Waals surface area contributed by atoms with E-state index >= 15 is 0 Å². The summed E-state index contributed by atoms with van der Waals surface area (Å²) in [5.41, 5.74) is 0.387. The minimum Gasteiger partial charge on any atom is -0.362 e. The SMILES string of the molecule is CN(C)CCCNC(=S)Nc1cc([N+](=O)[O-])ccc1Cl. The van der Waals surface area contributed by atoms with Crippen molar-refractivity contribution < 1.29 is 4.92 Å². The Hall–Kier alpha value is -1.44. The normalized spacial score (nSPS) is 10.4. The minimum atomic E-state index is -0.477. The first-order chi connectivity index (χ1) is 9.40. The first kappa shape index (κ1) is 16.6. The highest BCUT2D eigenvalue weighted by Crippen LogP contribution is 2.26. The predicted molar refractivity (Wildman–Crippen MR) is 85.5 cm³/mol. The number of nitrogens with one attached hydrogen (secondary N) is 2. The standard InChI is InChI=1S/C12H17ClN4O2S/c1-16(2)7-3-6-14-12(20)15-11-8-9(17(18)19)4-5-10(11)13/h4-5,8H,3,6-7H2,1-2H3,(H2,14,15,20). The molecule has 110 valence electrons. The number of anilines is 1. The Labute approximate surface area is 128 Å². The van der Waals surface area contributed by atoms with Crippen molar-refractivity contribution in [2.75, 3.05) is 32.5 Å². The van der Waals surface area contributed by atoms with Gasteiger partial charge in [-0.3, -0.25) is 10.1 Å². The third-order valence-corrected chi connectivity index (χ3v) is 3.05. The summed E-state index contributed by atoms with van der Waals surface area (Å²) in [6, 6.07) is 4.17. The van der Waals surface area contributed by atoms with Crippen LogP contribution in [0.25, 0.3) is 0 Å². The quantitative estimate of drug-likeness (QED) is 0.364. The van der Waals surface area contributed by atoms with E-state index in [1.807, 2.05) is 14.1 Å². The fourth-order valence-corrected chi connectivity index (χ4v) is 1.86. The van der Waals surface area contributed by atoms with Crippen LogP contribution >= 0.6 is 23.8 Å². The largest absolute Gasteiger partial charge is 0.362 e. The molecule has 6 nitrogen and oxygen atoms in total. The molecule has 0 bridgehead atoms. The van der Waals surface area contributed by atoms with Gasteiger partial charge in [-0.2, -0.15) is 0 Å². The second-order valence-corrected chi connectivity index (χ2v) is 5.27. The summed E-state index contributed by atoms with van der Waals surface area (Å²) in [7, 11) is 4.00. The third-order valence-electron chi connectivity index (χ3n) is 2.48. The second kappa shape index (κ2) is 7.98. The Bertz CT molecular complexity index is 496. The topological polar surface area (TPSA) is 70.4 Å². The number of halogens is 1. The minimum absolute atomic E-state index is 0.0349. The lowest BCUT2D eigenvalue weighted by Crippen LogP contribution is -2.31. The monoisotopic (exact) mass is 316 g/mol. The number of hydrogen-bond acceptors (Lipinski definition) is 4. The highest BCUT2D eigenvalue weighted by molar-refractivity contribution is 7.80. The highest BCUT2D eigenvalue weighted by atomic mass is 35.5. The van der Waals surface area contributed by atoms with Crippen molar-refractivity contribution in [2.24, 2.45) is 0 Å². The number of nitro groups is 1. The van der Waals surface area contributed by atoms with E-state index < -0.39 is 4.92 Å². The van der Waals surface area contributed by atoms with Crippen LogP contribution in [0.1, 0.15) is 6.42 Å². The molecule has 0 fully saturated rings. The number of nitro benzene ring substituents is 1. The van der Waals surface area contributed by atoms with Gasteiger partial charge in [-0.1, -0.05) is 11.6 Å². The molecule has 0 aliphatic carbocycles. The molecule has 1 aromatic rings. The molecule has 0 atom stereocenters. The van der Waals surface area contributed by atoms with Crippen LogP contribution in [0.4, 0.5) is 11.4 Å². The number of nitrogens with zero attached hydrogens (tertiary/aromatic N) is 2. The van der Waals surface area contributed by atoms with Gasteiger partial charge < -0.3 is 15.5 Å². The number of non-ortho nitro benzene ring substituents is 1. The molecule has 0 heterocycles. The lowest BCUT2D eigenvalue weighted by atomic mass is 10.3. The molecule has 2 N–H and O–H groups in total. The average Bonchev–Trinajstić information content (AvgIpc) is 2.37. The van der Waals surface area contributed by atoms with Crippen molar-refractivity contribution in [2.45, 2.75) is 6.42 Å². The third kappa shape index (κ3) is 5.68. The zero-order valence-electron chi connectivity index (χ0n) is 11.4. The van der Waals surface area contributed by atoms with Gasteiger partial charge in [0.25, 0.3) is 5.69 Å². The molecule has 0 spiro atoms. The van der Waals surface area contributed by atoms with Crippen molar-refractivity contribution >= 4 is 40.3 Å². The summed E-state index contributed by atoms with van der Waals surface area (Å²) in [6.45, 7) is 1.67. The maximum atomic E-state index is 10.7. The van der Waals surface area contributed by atoms with Crippen molar-refractivity contribution in [1.82, 2.24) is 10.2 Å². The summed E-state index contributed by atoms with van der Waals surface area (Å²) in [4.78, 5) is 12.3. The number of benzene rings is 1. The van der Waals surface area contributed by atoms with E-state index in [-0.39, 0.29) is 5.69 Å². The molecule has 0 amide bonds. The van der Waals surface area contributed by atoms with E-state index in [4.69, 9.17) is 23.8 Å². The van der Waals surface area contributed by atoms with E-state index in [2.05, 4.69) is 15.5 Å². The van der Waals surface area contributed by atoms with Crippen LogP contribution in [-0.2, 0) is 0 Å². The Kier molecular flexibility index (Phi) is 6.63. The number of hydrogen-bond donors (Lipinski definition) is 2. The van der Waals surface area contributed by atoms with Crippen LogP contribution in [0.5, 0.6) is 0 Å². The summed E-state index contributed by atoms with van der Waals surface area (Å²) in [6.07, 6.45) is 0.942. The molecule has 1 rings (SSSR count). The van der Waals surface area contributed by atoms with Gasteiger partial charge in [0.05, 0.1) is 15.6 Å². The van der Waals surface area contributed by atoms with Crippen LogP contribution in [0.15, 0.2) is 18.2 Å². The van der Waals surface area contributed by atoms with Gasteiger partial charge >= 0.3 is 0 Å². The fourth-order valence-electron chi connectivity index (χ4n) is 1.49. The first-order valence-corrected chi connectivity index (χ1v) is 6.82. The number of thiocarbonyl (C=S) groups is 1. The van der Waals surface area contributed by atoms with Crippen LogP contribution in [0.2, 0.25) is 5.02 Å². The molecule has 0 saturated heterocycles. The molecule has 0 radical (unpaired) electrons. The lowest BCUT2D eigenvalue weighted by molar-refractivity contribution is -0.384. The van der Waals surface area contributed by atoms with E-state index in [9.17, 15) is 10.1 Å². The maximum Gasteiger partial charge on any atom is 0.271 e. The first-order valence-electron chi connectivity index (χ1n) is 6.03. The second-order valence-electron chi connectivity index (χ2n) is 4.46. The average molecular weight is 317 g/mol. The van der Waals surface area contributed by atoms with Crippen molar-refractivity contribution in [3.8, 4) is 0 Å². The molecule has 0 unspecified atom stereocenters. The van der Waals surface area contributed by atoms with E-state index in [1.165, 1.54) is 18.2 Å². The van der Waals surface area contributed by atoms with Crippen molar-refractivity contribution in [3.05, 3.63) is 33.3 Å². The molecule has 0 saturated carbocycles. The van der Waals surface area contributed by atoms with Gasteiger partial charge in [0.1, 0.15) is 0 Å². The van der Waals surface area contributed by atoms with Crippen LogP contribution in [0.3, 0.4) is 0 Å². The van der Waals surface area contributed by atoms with Crippen LogP contribution in [-0.4, -0.2) is 42.1 Å². The van der Waals surface area contributed by atoms with Gasteiger partial charge in [-0.05, 0) is 45.3 Å². The Morgan fingerprint density at radius 1 is 1.50 bits per heavy atom. The van der Waals surface area contributed by atoms with Crippen LogP contribution in [0, 0.1) is 10.1 Å². The fraction of sp³-hybridized carbons (Fsp3) is 0.417. The summed E-state index contributed by atoms with van der Waals surface area (Å²) in [5, 5.41) is 17.4. The highest BCUT2D eigenvalue weighted by Gasteiger charge is 2.10. The zero-order valence-corrected chi connectivity index (χ0v) is 12.9. The maximum absolute atomic E-state index is 10.7. The molecule has 0 aliphatic heterocycles. The summed E-state index contributed by atoms with van der Waals surface area (Å²) < 4.78 is 0. The van der Waals surface area contributed by atoms with Gasteiger partial charge in [0.15, 0.2) is 5.11 Å². The smallest absolute Gasteiger partial charge is 0.271 e. The predicted octanol–water partition coefficient (Wildman–Crippen LogP) is 2.49. The molecule has 20 heavy (non-hydrogen) atoms. The van der Waals surface area contributed by atoms with E-state index in [1.54, 1.807) is 0 Å². The van der Waals surface area contributed by atoms with E-state index in [0.717, 1.165) is 19.5 Å². The molecule has 0 aliphatic rings. The Morgan fingerprint density at radius 2 is 2.20 bits per heavy atom. The lowest BCUT2D eigenvalue weighted by Gasteiger charge is -2.13. The zero-order chi connectivity index (χ0) is 15.1. The van der Waals surface area contributed by atoms with Gasteiger partial charge in [-0.25, -0.2) is 0 Å². The van der Waals surface area contributed by atoms with Gasteiger partial charge in [0, 0.05) is 18.7 Å². The Balaban J connectivity index is 2.53. The molecular weight excluding hydrogens is 300 g/mol. The van der Waals surface area contributed by atoms with E-state index in [0.29, 0.717) is 15.8 Å².